The SMILES string of the molecule is COC[C@@H]1CN(C(=O)CCN)C[C@@H]1C(F)(F)F. The zero-order valence-electron chi connectivity index (χ0n) is 9.67. The van der Waals surface area contributed by atoms with Gasteiger partial charge in [0.2, 0.25) is 5.91 Å². The summed E-state index contributed by atoms with van der Waals surface area (Å²) in [6.45, 7) is -0.0231. The summed E-state index contributed by atoms with van der Waals surface area (Å²) in [6, 6.07) is 0. The first-order chi connectivity index (χ1) is 7.90. The molecule has 0 saturated carbocycles. The Bertz CT molecular complexity index is 271. The molecule has 1 aliphatic rings. The normalized spacial score (nSPS) is 25.4. The molecular weight excluding hydrogens is 237 g/mol. The minimum absolute atomic E-state index is 0.0105. The number of methoxy groups -OCH3 is 1. The number of likely N-dealkylation sites (tertiary alicyclic amines) is 1. The van der Waals surface area contributed by atoms with Crippen LogP contribution in [0.15, 0.2) is 0 Å². The molecule has 7 heteroatoms. The van der Waals surface area contributed by atoms with Gasteiger partial charge < -0.3 is 15.4 Å². The van der Waals surface area contributed by atoms with E-state index in [1.54, 1.807) is 0 Å². The van der Waals surface area contributed by atoms with Crippen molar-refractivity contribution in [2.24, 2.45) is 17.6 Å². The molecule has 0 unspecified atom stereocenters. The second-order valence-corrected chi connectivity index (χ2v) is 4.20. The Morgan fingerprint density at radius 2 is 2.12 bits per heavy atom. The third kappa shape index (κ3) is 3.57. The lowest BCUT2D eigenvalue weighted by Gasteiger charge is -2.19. The quantitative estimate of drug-likeness (QED) is 0.800. The van der Waals surface area contributed by atoms with Crippen molar-refractivity contribution < 1.29 is 22.7 Å². The number of ether oxygens (including phenoxy) is 1. The Hall–Kier alpha value is -0.820. The molecule has 1 saturated heterocycles. The molecule has 1 amide bonds. The molecule has 100 valence electrons. The van der Waals surface area contributed by atoms with Gasteiger partial charge in [-0.05, 0) is 0 Å². The van der Waals surface area contributed by atoms with E-state index >= 15 is 0 Å². The summed E-state index contributed by atoms with van der Waals surface area (Å²) < 4.78 is 43.0. The van der Waals surface area contributed by atoms with Crippen LogP contribution in [0.3, 0.4) is 0 Å². The van der Waals surface area contributed by atoms with E-state index in [1.807, 2.05) is 0 Å². The highest BCUT2D eigenvalue weighted by atomic mass is 19.4. The minimum atomic E-state index is -4.29. The third-order valence-corrected chi connectivity index (χ3v) is 2.95. The fourth-order valence-corrected chi connectivity index (χ4v) is 2.11. The fraction of sp³-hybridized carbons (Fsp3) is 0.900. The molecule has 0 spiro atoms. The second kappa shape index (κ2) is 5.68. The van der Waals surface area contributed by atoms with Gasteiger partial charge in [0, 0.05) is 39.1 Å². The van der Waals surface area contributed by atoms with Gasteiger partial charge in [-0.25, -0.2) is 0 Å². The Balaban J connectivity index is 2.68. The molecule has 1 heterocycles. The van der Waals surface area contributed by atoms with E-state index in [4.69, 9.17) is 10.5 Å². The second-order valence-electron chi connectivity index (χ2n) is 4.20. The van der Waals surface area contributed by atoms with Gasteiger partial charge in [0.15, 0.2) is 0 Å². The number of carbonyl (C=O) groups excluding carboxylic acids is 1. The van der Waals surface area contributed by atoms with Crippen LogP contribution in [0.5, 0.6) is 0 Å². The van der Waals surface area contributed by atoms with Gasteiger partial charge >= 0.3 is 6.18 Å². The molecule has 0 bridgehead atoms. The number of halogens is 3. The summed E-state index contributed by atoms with van der Waals surface area (Å²) in [5.74, 6) is -2.49. The standard InChI is InChI=1S/C10H17F3N2O2/c1-17-6-7-4-15(9(16)2-3-14)5-8(7)10(11,12)13/h7-8H,2-6,14H2,1H3/t7-,8-/m0/s1. The molecule has 0 radical (unpaired) electrons. The molecular formula is C10H17F3N2O2. The highest BCUT2D eigenvalue weighted by molar-refractivity contribution is 5.76. The average Bonchev–Trinajstić information content (AvgIpc) is 2.62. The number of rotatable bonds is 4. The predicted molar refractivity (Wildman–Crippen MR) is 55.2 cm³/mol. The van der Waals surface area contributed by atoms with Crippen molar-refractivity contribution in [2.75, 3.05) is 33.4 Å². The number of nitrogens with two attached hydrogens (primary N) is 1. The highest BCUT2D eigenvalue weighted by Crippen LogP contribution is 2.37. The maximum atomic E-state index is 12.7. The molecule has 1 aliphatic heterocycles. The van der Waals surface area contributed by atoms with Crippen molar-refractivity contribution in [1.82, 2.24) is 4.90 Å². The van der Waals surface area contributed by atoms with E-state index in [1.165, 1.54) is 12.0 Å². The van der Waals surface area contributed by atoms with Crippen LogP contribution in [-0.2, 0) is 9.53 Å². The number of alkyl halides is 3. The minimum Gasteiger partial charge on any atom is -0.384 e. The summed E-state index contributed by atoms with van der Waals surface area (Å²) >= 11 is 0. The van der Waals surface area contributed by atoms with E-state index in [2.05, 4.69) is 0 Å². The largest absolute Gasteiger partial charge is 0.393 e. The number of hydrogen-bond acceptors (Lipinski definition) is 3. The Morgan fingerprint density at radius 1 is 1.47 bits per heavy atom. The number of carbonyl (C=O) groups is 1. The zero-order chi connectivity index (χ0) is 13.1. The van der Waals surface area contributed by atoms with Gasteiger partial charge in [-0.2, -0.15) is 13.2 Å². The molecule has 0 aliphatic carbocycles. The van der Waals surface area contributed by atoms with Gasteiger partial charge in [-0.1, -0.05) is 0 Å². The van der Waals surface area contributed by atoms with Crippen molar-refractivity contribution in [3.63, 3.8) is 0 Å². The van der Waals surface area contributed by atoms with Crippen LogP contribution in [-0.4, -0.2) is 50.3 Å². The first kappa shape index (κ1) is 14.2. The number of amides is 1. The molecule has 2 N–H and O–H groups in total. The van der Waals surface area contributed by atoms with E-state index in [-0.39, 0.29) is 38.6 Å². The molecule has 0 aromatic heterocycles. The Kier molecular flexibility index (Phi) is 4.76. The van der Waals surface area contributed by atoms with Crippen molar-refractivity contribution in [1.29, 1.82) is 0 Å². The van der Waals surface area contributed by atoms with Gasteiger partial charge in [0.1, 0.15) is 0 Å². The maximum Gasteiger partial charge on any atom is 0.393 e. The molecule has 1 fully saturated rings. The lowest BCUT2D eigenvalue weighted by molar-refractivity contribution is -0.183. The van der Waals surface area contributed by atoms with E-state index in [9.17, 15) is 18.0 Å². The lowest BCUT2D eigenvalue weighted by Crippen LogP contribution is -2.33. The molecule has 4 nitrogen and oxygen atoms in total. The van der Waals surface area contributed by atoms with Crippen LogP contribution in [0.25, 0.3) is 0 Å². The van der Waals surface area contributed by atoms with Crippen LogP contribution in [0.2, 0.25) is 0 Å². The van der Waals surface area contributed by atoms with Crippen molar-refractivity contribution in [3.05, 3.63) is 0 Å². The summed E-state index contributed by atoms with van der Waals surface area (Å²) in [5.41, 5.74) is 5.22. The zero-order valence-corrected chi connectivity index (χ0v) is 9.67. The topological polar surface area (TPSA) is 55.6 Å². The van der Waals surface area contributed by atoms with E-state index in [0.29, 0.717) is 0 Å². The summed E-state index contributed by atoms with van der Waals surface area (Å²) in [5, 5.41) is 0. The van der Waals surface area contributed by atoms with Gasteiger partial charge in [-0.3, -0.25) is 4.79 Å². The van der Waals surface area contributed by atoms with Gasteiger partial charge in [0.05, 0.1) is 12.5 Å². The van der Waals surface area contributed by atoms with Crippen LogP contribution in [0, 0.1) is 11.8 Å². The molecule has 0 aromatic rings. The smallest absolute Gasteiger partial charge is 0.384 e. The number of nitrogens with zero attached hydrogens (tertiary/aromatic N) is 1. The van der Waals surface area contributed by atoms with E-state index < -0.39 is 18.0 Å². The molecule has 17 heavy (non-hydrogen) atoms. The van der Waals surface area contributed by atoms with Gasteiger partial charge in [-0.15, -0.1) is 0 Å². The summed E-state index contributed by atoms with van der Waals surface area (Å²) in [4.78, 5) is 12.7. The molecule has 1 rings (SSSR count). The van der Waals surface area contributed by atoms with Crippen LogP contribution < -0.4 is 5.73 Å². The predicted octanol–water partition coefficient (Wildman–Crippen LogP) is 0.618. The van der Waals surface area contributed by atoms with Crippen molar-refractivity contribution in [2.45, 2.75) is 12.6 Å². The van der Waals surface area contributed by atoms with E-state index in [0.717, 1.165) is 0 Å². The van der Waals surface area contributed by atoms with Crippen LogP contribution in [0.1, 0.15) is 6.42 Å². The van der Waals surface area contributed by atoms with Crippen LogP contribution >= 0.6 is 0 Å². The maximum absolute atomic E-state index is 12.7. The Morgan fingerprint density at radius 3 is 2.59 bits per heavy atom. The van der Waals surface area contributed by atoms with Crippen molar-refractivity contribution in [3.8, 4) is 0 Å². The summed E-state index contributed by atoms with van der Waals surface area (Å²) in [6.07, 6.45) is -4.20. The highest BCUT2D eigenvalue weighted by Gasteiger charge is 2.50. The van der Waals surface area contributed by atoms with Gasteiger partial charge in [0.25, 0.3) is 0 Å². The van der Waals surface area contributed by atoms with Crippen molar-refractivity contribution >= 4 is 5.91 Å². The fourth-order valence-electron chi connectivity index (χ4n) is 2.11. The first-order valence-electron chi connectivity index (χ1n) is 5.43. The lowest BCUT2D eigenvalue weighted by atomic mass is 9.96. The number of hydrogen-bond donors (Lipinski definition) is 1. The summed E-state index contributed by atoms with van der Waals surface area (Å²) in [7, 11) is 1.36. The molecule has 2 atom stereocenters. The third-order valence-electron chi connectivity index (χ3n) is 2.95. The Labute approximate surface area is 97.9 Å². The van der Waals surface area contributed by atoms with Crippen LogP contribution in [0.4, 0.5) is 13.2 Å². The monoisotopic (exact) mass is 254 g/mol. The molecule has 0 aromatic carbocycles. The first-order valence-corrected chi connectivity index (χ1v) is 5.43. The average molecular weight is 254 g/mol.